The highest BCUT2D eigenvalue weighted by molar-refractivity contribution is 7.89. The van der Waals surface area contributed by atoms with E-state index in [0.717, 1.165) is 24.0 Å². The maximum Gasteiger partial charge on any atom is 0.243 e. The second-order valence-electron chi connectivity index (χ2n) is 5.79. The number of halogens is 1. The van der Waals surface area contributed by atoms with E-state index in [1.165, 1.54) is 0 Å². The number of benzene rings is 1. The van der Waals surface area contributed by atoms with Gasteiger partial charge in [-0.3, -0.25) is 0 Å². The van der Waals surface area contributed by atoms with E-state index in [1.54, 1.807) is 16.4 Å². The highest BCUT2D eigenvalue weighted by Gasteiger charge is 2.36. The summed E-state index contributed by atoms with van der Waals surface area (Å²) in [4.78, 5) is 0.367. The van der Waals surface area contributed by atoms with Gasteiger partial charge in [-0.15, -0.1) is 11.6 Å². The van der Waals surface area contributed by atoms with Gasteiger partial charge in [0.25, 0.3) is 0 Å². The summed E-state index contributed by atoms with van der Waals surface area (Å²) < 4.78 is 27.3. The second kappa shape index (κ2) is 6.04. The van der Waals surface area contributed by atoms with Crippen molar-refractivity contribution in [2.45, 2.75) is 50.4 Å². The molecule has 0 N–H and O–H groups in total. The maximum atomic E-state index is 12.8. The van der Waals surface area contributed by atoms with Crippen molar-refractivity contribution in [1.82, 2.24) is 4.31 Å². The Balaban J connectivity index is 2.40. The van der Waals surface area contributed by atoms with E-state index in [2.05, 4.69) is 13.8 Å². The fraction of sp³-hybridized carbons (Fsp3) is 0.600. The molecule has 0 aliphatic carbocycles. The summed E-state index contributed by atoms with van der Waals surface area (Å²) in [7, 11) is -3.41. The molecule has 1 aliphatic heterocycles. The average molecular weight is 316 g/mol. The average Bonchev–Trinajstić information content (AvgIpc) is 2.89. The van der Waals surface area contributed by atoms with E-state index in [4.69, 9.17) is 11.6 Å². The third kappa shape index (κ3) is 2.87. The highest BCUT2D eigenvalue weighted by Crippen LogP contribution is 2.30. The van der Waals surface area contributed by atoms with Crippen LogP contribution in [0.3, 0.4) is 0 Å². The van der Waals surface area contributed by atoms with E-state index in [9.17, 15) is 8.42 Å². The van der Waals surface area contributed by atoms with E-state index in [0.29, 0.717) is 23.2 Å². The van der Waals surface area contributed by atoms with Gasteiger partial charge in [-0.25, -0.2) is 8.42 Å². The number of alkyl halides is 1. The molecule has 1 aliphatic rings. The summed E-state index contributed by atoms with van der Waals surface area (Å²) in [5, 5.41) is 0. The lowest BCUT2D eigenvalue weighted by Gasteiger charge is -2.27. The zero-order valence-corrected chi connectivity index (χ0v) is 13.8. The summed E-state index contributed by atoms with van der Waals surface area (Å²) in [6.45, 7) is 6.73. The molecule has 2 rings (SSSR count). The van der Waals surface area contributed by atoms with Crippen LogP contribution in [0.4, 0.5) is 0 Å². The largest absolute Gasteiger partial charge is 0.243 e. The second-order valence-corrected chi connectivity index (χ2v) is 7.95. The van der Waals surface area contributed by atoms with Gasteiger partial charge in [-0.05, 0) is 48.9 Å². The molecule has 0 saturated carbocycles. The molecule has 0 radical (unpaired) electrons. The minimum atomic E-state index is -3.41. The lowest BCUT2D eigenvalue weighted by Crippen LogP contribution is -2.38. The summed E-state index contributed by atoms with van der Waals surface area (Å²) in [6.07, 6.45) is 1.89. The molecule has 1 saturated heterocycles. The molecular weight excluding hydrogens is 294 g/mol. The van der Waals surface area contributed by atoms with E-state index in [-0.39, 0.29) is 6.04 Å². The molecule has 20 heavy (non-hydrogen) atoms. The molecule has 0 bridgehead atoms. The van der Waals surface area contributed by atoms with Gasteiger partial charge in [-0.2, -0.15) is 4.31 Å². The Bertz CT molecular complexity index is 584. The first-order valence-electron chi connectivity index (χ1n) is 7.05. The van der Waals surface area contributed by atoms with Crippen molar-refractivity contribution in [3.63, 3.8) is 0 Å². The number of hydrogen-bond donors (Lipinski definition) is 0. The molecule has 1 atom stereocenters. The third-order valence-corrected chi connectivity index (χ3v) is 6.30. The zero-order valence-electron chi connectivity index (χ0n) is 12.3. The maximum absolute atomic E-state index is 12.8. The number of nitrogens with zero attached hydrogens (tertiary/aromatic N) is 1. The van der Waals surface area contributed by atoms with Crippen LogP contribution in [-0.4, -0.2) is 25.3 Å². The quantitative estimate of drug-likeness (QED) is 0.797. The van der Waals surface area contributed by atoms with Crippen LogP contribution in [0, 0.1) is 12.8 Å². The summed E-state index contributed by atoms with van der Waals surface area (Å²) in [5.41, 5.74) is 1.91. The van der Waals surface area contributed by atoms with E-state index < -0.39 is 10.0 Å². The van der Waals surface area contributed by atoms with Gasteiger partial charge in [0.1, 0.15) is 0 Å². The predicted molar refractivity (Wildman–Crippen MR) is 82.5 cm³/mol. The van der Waals surface area contributed by atoms with Crippen LogP contribution in [0.2, 0.25) is 0 Å². The molecule has 5 heteroatoms. The standard InChI is InChI=1S/C15H22ClNO2S/c1-11(2)15-5-4-8-17(15)20(18,19)14-7-6-12(3)13(9-14)10-16/h6-7,9,11,15H,4-5,8,10H2,1-3H3. The van der Waals surface area contributed by atoms with Crippen LogP contribution in [0.5, 0.6) is 0 Å². The van der Waals surface area contributed by atoms with E-state index >= 15 is 0 Å². The van der Waals surface area contributed by atoms with Gasteiger partial charge >= 0.3 is 0 Å². The van der Waals surface area contributed by atoms with Crippen LogP contribution in [-0.2, 0) is 15.9 Å². The molecule has 1 aromatic rings. The Morgan fingerprint density at radius 1 is 1.40 bits per heavy atom. The molecular formula is C15H22ClNO2S. The molecule has 1 unspecified atom stereocenters. The Hall–Kier alpha value is -0.580. The SMILES string of the molecule is Cc1ccc(S(=O)(=O)N2CCCC2C(C)C)cc1CCl. The molecule has 1 heterocycles. The van der Waals surface area contributed by atoms with Gasteiger partial charge < -0.3 is 0 Å². The Kier molecular flexibility index (Phi) is 4.77. The van der Waals surface area contributed by atoms with Crippen molar-refractivity contribution in [1.29, 1.82) is 0 Å². The summed E-state index contributed by atoms with van der Waals surface area (Å²) in [5.74, 6) is 0.674. The van der Waals surface area contributed by atoms with E-state index in [1.807, 2.05) is 13.0 Å². The minimum Gasteiger partial charge on any atom is -0.207 e. The van der Waals surface area contributed by atoms with Crippen molar-refractivity contribution in [3.05, 3.63) is 29.3 Å². The first-order chi connectivity index (χ1) is 9.37. The molecule has 0 aromatic heterocycles. The van der Waals surface area contributed by atoms with Gasteiger partial charge in [0, 0.05) is 18.5 Å². The van der Waals surface area contributed by atoms with Gasteiger partial charge in [0.15, 0.2) is 0 Å². The van der Waals surface area contributed by atoms with Crippen LogP contribution in [0.25, 0.3) is 0 Å². The molecule has 0 amide bonds. The van der Waals surface area contributed by atoms with Crippen molar-refractivity contribution in [2.24, 2.45) is 5.92 Å². The van der Waals surface area contributed by atoms with Gasteiger partial charge in [0.05, 0.1) is 4.90 Å². The minimum absolute atomic E-state index is 0.112. The predicted octanol–water partition coefficient (Wildman–Crippen LogP) is 3.54. The number of hydrogen-bond acceptors (Lipinski definition) is 2. The van der Waals surface area contributed by atoms with Gasteiger partial charge in [0.2, 0.25) is 10.0 Å². The van der Waals surface area contributed by atoms with Crippen LogP contribution < -0.4 is 0 Å². The number of aryl methyl sites for hydroxylation is 1. The fourth-order valence-electron chi connectivity index (χ4n) is 2.82. The van der Waals surface area contributed by atoms with Crippen LogP contribution in [0.1, 0.15) is 37.8 Å². The van der Waals surface area contributed by atoms with Crippen LogP contribution in [0.15, 0.2) is 23.1 Å². The monoisotopic (exact) mass is 315 g/mol. The smallest absolute Gasteiger partial charge is 0.207 e. The van der Waals surface area contributed by atoms with Crippen molar-refractivity contribution < 1.29 is 8.42 Å². The molecule has 0 spiro atoms. The Morgan fingerprint density at radius 2 is 2.10 bits per heavy atom. The van der Waals surface area contributed by atoms with Crippen molar-refractivity contribution in [2.75, 3.05) is 6.54 Å². The fourth-order valence-corrected chi connectivity index (χ4v) is 4.98. The summed E-state index contributed by atoms with van der Waals surface area (Å²) >= 11 is 5.88. The number of rotatable bonds is 4. The van der Waals surface area contributed by atoms with Crippen molar-refractivity contribution >= 4 is 21.6 Å². The molecule has 3 nitrogen and oxygen atoms in total. The number of sulfonamides is 1. The lowest BCUT2D eigenvalue weighted by molar-refractivity contribution is 0.316. The molecule has 1 aromatic carbocycles. The first-order valence-corrected chi connectivity index (χ1v) is 9.02. The lowest BCUT2D eigenvalue weighted by atomic mass is 10.0. The normalized spacial score (nSPS) is 20.8. The highest BCUT2D eigenvalue weighted by atomic mass is 35.5. The molecule has 112 valence electrons. The first kappa shape index (κ1) is 15.8. The molecule has 1 fully saturated rings. The Morgan fingerprint density at radius 3 is 2.70 bits per heavy atom. The van der Waals surface area contributed by atoms with Gasteiger partial charge in [-0.1, -0.05) is 19.9 Å². The zero-order chi connectivity index (χ0) is 14.9. The van der Waals surface area contributed by atoms with Crippen LogP contribution >= 0.6 is 11.6 Å². The Labute approximate surface area is 127 Å². The third-order valence-electron chi connectivity index (χ3n) is 4.09. The topological polar surface area (TPSA) is 37.4 Å². The summed E-state index contributed by atoms with van der Waals surface area (Å²) in [6, 6.07) is 5.36. The van der Waals surface area contributed by atoms with Crippen molar-refractivity contribution in [3.8, 4) is 0 Å².